The summed E-state index contributed by atoms with van der Waals surface area (Å²) in [4.78, 5) is 24.6. The lowest BCUT2D eigenvalue weighted by Crippen LogP contribution is -2.30. The van der Waals surface area contributed by atoms with Gasteiger partial charge in [-0.25, -0.2) is 13.2 Å². The third kappa shape index (κ3) is 7.02. The van der Waals surface area contributed by atoms with Crippen molar-refractivity contribution in [2.75, 3.05) is 11.6 Å². The van der Waals surface area contributed by atoms with E-state index in [-0.39, 0.29) is 16.7 Å². The summed E-state index contributed by atoms with van der Waals surface area (Å²) >= 11 is 0. The number of nitrogens with one attached hydrogen (secondary N) is 1. The number of hydrogen-bond acceptors (Lipinski definition) is 5. The number of rotatable bonds is 6. The molecule has 29 heavy (non-hydrogen) atoms. The second kappa shape index (κ2) is 8.78. The minimum absolute atomic E-state index is 0.0161. The fraction of sp³-hybridized carbons (Fsp3) is 0.364. The van der Waals surface area contributed by atoms with Crippen LogP contribution in [0.3, 0.4) is 0 Å². The van der Waals surface area contributed by atoms with Gasteiger partial charge in [-0.15, -0.1) is 0 Å². The highest BCUT2D eigenvalue weighted by molar-refractivity contribution is 7.89. The van der Waals surface area contributed by atoms with E-state index >= 15 is 0 Å². The van der Waals surface area contributed by atoms with Gasteiger partial charge < -0.3 is 10.1 Å². The Morgan fingerprint density at radius 1 is 1.00 bits per heavy atom. The highest BCUT2D eigenvalue weighted by Gasteiger charge is 2.20. The number of carbonyl (C=O) groups is 2. The number of ether oxygens (including phenoxy) is 1. The topological polar surface area (TPSA) is 89.5 Å². The molecular formula is C22H27NO5S. The minimum Gasteiger partial charge on any atom is -0.449 e. The number of amides is 1. The maximum atomic E-state index is 12.3. The van der Waals surface area contributed by atoms with Crippen LogP contribution in [-0.4, -0.2) is 32.7 Å². The summed E-state index contributed by atoms with van der Waals surface area (Å²) in [5.74, 6) is -1.19. The molecule has 2 aromatic rings. The monoisotopic (exact) mass is 417 g/mol. The molecule has 0 saturated carbocycles. The van der Waals surface area contributed by atoms with Crippen LogP contribution in [0, 0.1) is 0 Å². The molecule has 6 nitrogen and oxygen atoms in total. The zero-order valence-electron chi connectivity index (χ0n) is 17.4. The summed E-state index contributed by atoms with van der Waals surface area (Å²) in [7, 11) is -3.15. The van der Waals surface area contributed by atoms with Crippen molar-refractivity contribution >= 4 is 27.4 Å². The first kappa shape index (κ1) is 22.6. The van der Waals surface area contributed by atoms with Gasteiger partial charge in [-0.3, -0.25) is 4.79 Å². The lowest BCUT2D eigenvalue weighted by molar-refractivity contribution is -0.123. The van der Waals surface area contributed by atoms with E-state index in [1.165, 1.54) is 19.1 Å². The van der Waals surface area contributed by atoms with Crippen molar-refractivity contribution in [1.82, 2.24) is 0 Å². The first-order valence-corrected chi connectivity index (χ1v) is 11.3. The average Bonchev–Trinajstić information content (AvgIpc) is 2.60. The van der Waals surface area contributed by atoms with Gasteiger partial charge in [-0.1, -0.05) is 45.0 Å². The second-order valence-electron chi connectivity index (χ2n) is 8.13. The normalized spacial score (nSPS) is 12.9. The molecule has 7 heteroatoms. The van der Waals surface area contributed by atoms with Gasteiger partial charge in [0, 0.05) is 11.9 Å². The van der Waals surface area contributed by atoms with Crippen LogP contribution in [0.5, 0.6) is 0 Å². The molecule has 1 amide bonds. The molecule has 1 unspecified atom stereocenters. The second-order valence-corrected chi connectivity index (χ2v) is 10.3. The van der Waals surface area contributed by atoms with Crippen LogP contribution in [0.1, 0.15) is 49.2 Å². The zero-order valence-corrected chi connectivity index (χ0v) is 18.2. The molecule has 2 aromatic carbocycles. The number of carbonyl (C=O) groups excluding carboxylic acids is 2. The largest absolute Gasteiger partial charge is 0.449 e. The molecule has 0 aliphatic rings. The molecule has 2 rings (SSSR count). The van der Waals surface area contributed by atoms with Gasteiger partial charge in [0.2, 0.25) is 0 Å². The number of esters is 1. The van der Waals surface area contributed by atoms with Crippen molar-refractivity contribution in [3.63, 3.8) is 0 Å². The predicted molar refractivity (Wildman–Crippen MR) is 114 cm³/mol. The quantitative estimate of drug-likeness (QED) is 0.724. The molecule has 0 aliphatic heterocycles. The molecule has 0 spiro atoms. The standard InChI is InChI=1S/C22H27NO5S/c1-15(20(24)23-19-12-10-18(11-13-19)22(2,3)4)28-21(25)17-8-6-16(7-9-17)14-29(5,26)27/h6-13,15H,14H2,1-5H3,(H,23,24). The molecular weight excluding hydrogens is 390 g/mol. The van der Waals surface area contributed by atoms with E-state index in [0.717, 1.165) is 11.8 Å². The van der Waals surface area contributed by atoms with Gasteiger partial charge in [0.1, 0.15) is 0 Å². The highest BCUT2D eigenvalue weighted by Crippen LogP contribution is 2.23. The van der Waals surface area contributed by atoms with Crippen LogP contribution in [-0.2, 0) is 30.5 Å². The third-order valence-electron chi connectivity index (χ3n) is 4.29. The first-order chi connectivity index (χ1) is 13.3. The minimum atomic E-state index is -3.15. The Bertz CT molecular complexity index is 971. The summed E-state index contributed by atoms with van der Waals surface area (Å²) < 4.78 is 27.9. The third-order valence-corrected chi connectivity index (χ3v) is 5.15. The fourth-order valence-corrected chi connectivity index (χ4v) is 3.42. The number of benzene rings is 2. The van der Waals surface area contributed by atoms with Gasteiger partial charge in [-0.2, -0.15) is 0 Å². The Morgan fingerprint density at radius 2 is 1.55 bits per heavy atom. The first-order valence-electron chi connectivity index (χ1n) is 9.24. The Labute approximate surface area is 172 Å². The van der Waals surface area contributed by atoms with E-state index in [2.05, 4.69) is 26.1 Å². The SMILES string of the molecule is CC(OC(=O)c1ccc(CS(C)(=O)=O)cc1)C(=O)Nc1ccc(C(C)(C)C)cc1. The smallest absolute Gasteiger partial charge is 0.338 e. The van der Waals surface area contributed by atoms with E-state index in [1.54, 1.807) is 12.1 Å². The molecule has 0 heterocycles. The van der Waals surface area contributed by atoms with E-state index in [4.69, 9.17) is 4.74 Å². The Morgan fingerprint density at radius 3 is 2.03 bits per heavy atom. The average molecular weight is 418 g/mol. The summed E-state index contributed by atoms with van der Waals surface area (Å²) in [6.07, 6.45) is 0.159. The maximum absolute atomic E-state index is 12.3. The number of hydrogen-bond donors (Lipinski definition) is 1. The molecule has 0 aromatic heterocycles. The van der Waals surface area contributed by atoms with Crippen LogP contribution in [0.2, 0.25) is 0 Å². The lowest BCUT2D eigenvalue weighted by Gasteiger charge is -2.19. The zero-order chi connectivity index (χ0) is 21.8. The highest BCUT2D eigenvalue weighted by atomic mass is 32.2. The molecule has 1 N–H and O–H groups in total. The lowest BCUT2D eigenvalue weighted by atomic mass is 9.87. The van der Waals surface area contributed by atoms with E-state index in [9.17, 15) is 18.0 Å². The van der Waals surface area contributed by atoms with Crippen molar-refractivity contribution in [3.8, 4) is 0 Å². The van der Waals surface area contributed by atoms with E-state index in [0.29, 0.717) is 11.3 Å². The molecule has 0 aliphatic carbocycles. The molecule has 156 valence electrons. The van der Waals surface area contributed by atoms with Crippen LogP contribution in [0.4, 0.5) is 5.69 Å². The molecule has 1 atom stereocenters. The molecule has 0 fully saturated rings. The number of sulfone groups is 1. The van der Waals surface area contributed by atoms with E-state index in [1.807, 2.05) is 24.3 Å². The van der Waals surface area contributed by atoms with Gasteiger partial charge in [0.25, 0.3) is 5.91 Å². The van der Waals surface area contributed by atoms with Crippen LogP contribution in [0.25, 0.3) is 0 Å². The van der Waals surface area contributed by atoms with Gasteiger partial charge in [-0.05, 0) is 47.7 Å². The van der Waals surface area contributed by atoms with Crippen LogP contribution >= 0.6 is 0 Å². The van der Waals surface area contributed by atoms with E-state index < -0.39 is 27.8 Å². The summed E-state index contributed by atoms with van der Waals surface area (Å²) in [5, 5.41) is 2.73. The Hall–Kier alpha value is -2.67. The van der Waals surface area contributed by atoms with Gasteiger partial charge in [0.15, 0.2) is 15.9 Å². The van der Waals surface area contributed by atoms with Crippen molar-refractivity contribution < 1.29 is 22.7 Å². The Balaban J connectivity index is 1.95. The van der Waals surface area contributed by atoms with Crippen molar-refractivity contribution in [3.05, 3.63) is 65.2 Å². The van der Waals surface area contributed by atoms with Gasteiger partial charge in [0.05, 0.1) is 11.3 Å². The molecule has 0 radical (unpaired) electrons. The van der Waals surface area contributed by atoms with Crippen molar-refractivity contribution in [2.24, 2.45) is 0 Å². The maximum Gasteiger partial charge on any atom is 0.338 e. The summed E-state index contributed by atoms with van der Waals surface area (Å²) in [6, 6.07) is 13.6. The van der Waals surface area contributed by atoms with Crippen LogP contribution < -0.4 is 5.32 Å². The molecule has 0 saturated heterocycles. The van der Waals surface area contributed by atoms with Crippen molar-refractivity contribution in [1.29, 1.82) is 0 Å². The van der Waals surface area contributed by atoms with Crippen molar-refractivity contribution in [2.45, 2.75) is 45.0 Å². The summed E-state index contributed by atoms with van der Waals surface area (Å²) in [6.45, 7) is 7.82. The van der Waals surface area contributed by atoms with Gasteiger partial charge >= 0.3 is 5.97 Å². The van der Waals surface area contributed by atoms with Crippen LogP contribution in [0.15, 0.2) is 48.5 Å². The predicted octanol–water partition coefficient (Wildman–Crippen LogP) is 3.71. The fourth-order valence-electron chi connectivity index (χ4n) is 2.62. The summed E-state index contributed by atoms with van der Waals surface area (Å²) in [5.41, 5.74) is 2.61. The Kier molecular flexibility index (Phi) is 6.85. The number of anilines is 1. The molecule has 0 bridgehead atoms.